The molecule has 0 unspecified atom stereocenters. The van der Waals surface area contributed by atoms with Crippen molar-refractivity contribution in [2.45, 2.75) is 43.0 Å². The minimum atomic E-state index is -0.371. The summed E-state index contributed by atoms with van der Waals surface area (Å²) in [5.41, 5.74) is 7.18. The number of hydrogen-bond donors (Lipinski definition) is 1. The number of ether oxygens (including phenoxy) is 2. The minimum Gasteiger partial charge on any atom is -0.490 e. The van der Waals surface area contributed by atoms with Crippen molar-refractivity contribution in [3.8, 4) is 11.5 Å². The molecule has 7 nitrogen and oxygen atoms in total. The molecule has 1 saturated heterocycles. The Morgan fingerprint density at radius 2 is 2.07 bits per heavy atom. The number of benzene rings is 1. The summed E-state index contributed by atoms with van der Waals surface area (Å²) in [4.78, 5) is 31.4. The van der Waals surface area contributed by atoms with Gasteiger partial charge in [-0.25, -0.2) is 4.98 Å². The topological polar surface area (TPSA) is 94.8 Å². The number of carbonyl (C=O) groups excluding carboxylic acids is 2. The number of nitrogens with zero attached hydrogens (tertiary/aromatic N) is 2. The molecule has 0 radical (unpaired) electrons. The molecule has 2 aromatic rings. The fourth-order valence-electron chi connectivity index (χ4n) is 3.79. The van der Waals surface area contributed by atoms with E-state index >= 15 is 0 Å². The van der Waals surface area contributed by atoms with E-state index in [4.69, 9.17) is 15.2 Å². The first-order valence-corrected chi connectivity index (χ1v) is 11.9. The molecule has 1 aromatic heterocycles. The number of aryl methyl sites for hydroxylation is 1. The highest BCUT2D eigenvalue weighted by atomic mass is 32.2. The normalized spacial score (nSPS) is 18.3. The average Bonchev–Trinajstić information content (AvgIpc) is 3.26. The maximum absolute atomic E-state index is 13.0. The number of rotatable bonds is 6. The number of thioether (sulfide) groups is 1. The quantitative estimate of drug-likeness (QED) is 0.684. The zero-order chi connectivity index (χ0) is 21.1. The van der Waals surface area contributed by atoms with E-state index in [2.05, 4.69) is 4.98 Å². The molecule has 1 atom stereocenters. The van der Waals surface area contributed by atoms with Crippen molar-refractivity contribution in [1.82, 2.24) is 9.88 Å². The molecule has 0 aliphatic carbocycles. The molecule has 1 fully saturated rings. The van der Waals surface area contributed by atoms with Gasteiger partial charge in [-0.2, -0.15) is 0 Å². The molecule has 2 N–H and O–H groups in total. The van der Waals surface area contributed by atoms with Gasteiger partial charge in [-0.05, 0) is 37.5 Å². The third-order valence-electron chi connectivity index (χ3n) is 5.26. The van der Waals surface area contributed by atoms with Crippen molar-refractivity contribution in [1.29, 1.82) is 0 Å². The number of carbonyl (C=O) groups is 2. The summed E-state index contributed by atoms with van der Waals surface area (Å²) in [7, 11) is 0. The molecule has 3 heterocycles. The lowest BCUT2D eigenvalue weighted by molar-refractivity contribution is -0.129. The Morgan fingerprint density at radius 1 is 1.27 bits per heavy atom. The molecular formula is C21H25N3O4S2. The Hall–Kier alpha value is -2.26. The standard InChI is InChI=1S/C21H25N3O4S2/c1-13-18(11-19(22)25)30-21(23-13)29-12-20(26)24-7-2-4-15(24)14-5-6-16-17(10-14)28-9-3-8-27-16/h5-6,10,15H,2-4,7-9,11-12H2,1H3,(H2,22,25)/t15-/m1/s1. The Morgan fingerprint density at radius 3 is 2.87 bits per heavy atom. The SMILES string of the molecule is Cc1nc(SCC(=O)N2CCC[C@@H]2c2ccc3c(c2)OCCCO3)sc1CC(N)=O. The Kier molecular flexibility index (Phi) is 6.48. The molecule has 0 spiro atoms. The van der Waals surface area contributed by atoms with Crippen LogP contribution in [0.5, 0.6) is 11.5 Å². The summed E-state index contributed by atoms with van der Waals surface area (Å²) < 4.78 is 12.3. The molecule has 2 aliphatic rings. The van der Waals surface area contributed by atoms with Crippen LogP contribution in [0, 0.1) is 6.92 Å². The third kappa shape index (κ3) is 4.73. The summed E-state index contributed by atoms with van der Waals surface area (Å²) in [6.45, 7) is 3.92. The van der Waals surface area contributed by atoms with Gasteiger partial charge in [0.05, 0.1) is 37.1 Å². The number of likely N-dealkylation sites (tertiary alicyclic amines) is 1. The molecule has 160 valence electrons. The predicted octanol–water partition coefficient (Wildman–Crippen LogP) is 3.10. The van der Waals surface area contributed by atoms with Gasteiger partial charge in [0, 0.05) is 17.8 Å². The van der Waals surface area contributed by atoms with Crippen molar-refractivity contribution >= 4 is 34.9 Å². The van der Waals surface area contributed by atoms with Crippen molar-refractivity contribution in [3.63, 3.8) is 0 Å². The molecule has 0 saturated carbocycles. The third-order valence-corrected chi connectivity index (χ3v) is 7.54. The van der Waals surface area contributed by atoms with Gasteiger partial charge in [0.25, 0.3) is 0 Å². The van der Waals surface area contributed by atoms with Crippen LogP contribution in [0.3, 0.4) is 0 Å². The largest absolute Gasteiger partial charge is 0.490 e. The van der Waals surface area contributed by atoms with Gasteiger partial charge in [0.15, 0.2) is 15.8 Å². The van der Waals surface area contributed by atoms with E-state index in [0.29, 0.717) is 19.0 Å². The van der Waals surface area contributed by atoms with Crippen LogP contribution < -0.4 is 15.2 Å². The lowest BCUT2D eigenvalue weighted by Crippen LogP contribution is -2.32. The van der Waals surface area contributed by atoms with Crippen molar-refractivity contribution in [3.05, 3.63) is 34.3 Å². The van der Waals surface area contributed by atoms with Gasteiger partial charge in [-0.1, -0.05) is 17.8 Å². The Labute approximate surface area is 183 Å². The molecule has 2 amide bonds. The summed E-state index contributed by atoms with van der Waals surface area (Å²) in [5.74, 6) is 1.58. The molecule has 2 aliphatic heterocycles. The van der Waals surface area contributed by atoms with E-state index < -0.39 is 0 Å². The minimum absolute atomic E-state index is 0.0544. The van der Waals surface area contributed by atoms with Crippen LogP contribution >= 0.6 is 23.1 Å². The fraction of sp³-hybridized carbons (Fsp3) is 0.476. The smallest absolute Gasteiger partial charge is 0.233 e. The molecule has 30 heavy (non-hydrogen) atoms. The fourth-order valence-corrected chi connectivity index (χ4v) is 5.92. The summed E-state index contributed by atoms with van der Waals surface area (Å²) in [6.07, 6.45) is 2.98. The van der Waals surface area contributed by atoms with Gasteiger partial charge in [0.2, 0.25) is 11.8 Å². The lowest BCUT2D eigenvalue weighted by atomic mass is 10.0. The highest BCUT2D eigenvalue weighted by Crippen LogP contribution is 2.38. The monoisotopic (exact) mass is 447 g/mol. The van der Waals surface area contributed by atoms with Crippen molar-refractivity contribution in [2.24, 2.45) is 5.73 Å². The van der Waals surface area contributed by atoms with Crippen LogP contribution in [0.25, 0.3) is 0 Å². The second kappa shape index (κ2) is 9.26. The number of nitrogens with two attached hydrogens (primary N) is 1. The highest BCUT2D eigenvalue weighted by molar-refractivity contribution is 8.01. The van der Waals surface area contributed by atoms with Gasteiger partial charge in [-0.3, -0.25) is 9.59 Å². The van der Waals surface area contributed by atoms with E-state index in [9.17, 15) is 9.59 Å². The Balaban J connectivity index is 1.42. The van der Waals surface area contributed by atoms with E-state index in [1.807, 2.05) is 30.0 Å². The summed E-state index contributed by atoms with van der Waals surface area (Å²) >= 11 is 2.86. The first-order valence-electron chi connectivity index (χ1n) is 10.1. The zero-order valence-corrected chi connectivity index (χ0v) is 18.5. The lowest BCUT2D eigenvalue weighted by Gasteiger charge is -2.25. The van der Waals surface area contributed by atoms with Crippen LogP contribution in [-0.4, -0.2) is 47.2 Å². The first kappa shape index (κ1) is 21.0. The zero-order valence-electron chi connectivity index (χ0n) is 16.9. The van der Waals surface area contributed by atoms with Gasteiger partial charge >= 0.3 is 0 Å². The predicted molar refractivity (Wildman–Crippen MR) is 116 cm³/mol. The molecule has 1 aromatic carbocycles. The van der Waals surface area contributed by atoms with E-state index in [1.54, 1.807) is 0 Å². The second-order valence-electron chi connectivity index (χ2n) is 7.42. The van der Waals surface area contributed by atoms with Crippen molar-refractivity contribution < 1.29 is 19.1 Å². The van der Waals surface area contributed by atoms with E-state index in [0.717, 1.165) is 57.8 Å². The van der Waals surface area contributed by atoms with E-state index in [1.165, 1.54) is 23.1 Å². The average molecular weight is 448 g/mol. The molecule has 0 bridgehead atoms. The van der Waals surface area contributed by atoms with Gasteiger partial charge < -0.3 is 20.1 Å². The van der Waals surface area contributed by atoms with Gasteiger partial charge in [0.1, 0.15) is 0 Å². The van der Waals surface area contributed by atoms with Gasteiger partial charge in [-0.15, -0.1) is 11.3 Å². The van der Waals surface area contributed by atoms with Crippen LogP contribution in [0.1, 0.15) is 41.4 Å². The number of aromatic nitrogens is 1. The van der Waals surface area contributed by atoms with Crippen LogP contribution in [-0.2, 0) is 16.0 Å². The van der Waals surface area contributed by atoms with Crippen LogP contribution in [0.15, 0.2) is 22.5 Å². The number of thiazole rings is 1. The molecular weight excluding hydrogens is 422 g/mol. The van der Waals surface area contributed by atoms with E-state index in [-0.39, 0.29) is 24.3 Å². The number of amides is 2. The number of fused-ring (bicyclic) bond motifs is 1. The van der Waals surface area contributed by atoms with Crippen LogP contribution in [0.4, 0.5) is 0 Å². The molecule has 4 rings (SSSR count). The van der Waals surface area contributed by atoms with Crippen molar-refractivity contribution in [2.75, 3.05) is 25.5 Å². The second-order valence-corrected chi connectivity index (χ2v) is 9.73. The summed E-state index contributed by atoms with van der Waals surface area (Å²) in [6, 6.07) is 6.06. The maximum atomic E-state index is 13.0. The Bertz CT molecular complexity index is 946. The molecule has 9 heteroatoms. The first-order chi connectivity index (χ1) is 14.5. The number of primary amides is 1. The van der Waals surface area contributed by atoms with Crippen LogP contribution in [0.2, 0.25) is 0 Å². The maximum Gasteiger partial charge on any atom is 0.233 e. The highest BCUT2D eigenvalue weighted by Gasteiger charge is 2.31. The summed E-state index contributed by atoms with van der Waals surface area (Å²) in [5, 5.41) is 0. The number of hydrogen-bond acceptors (Lipinski definition) is 7.